The zero-order valence-corrected chi connectivity index (χ0v) is 9.34. The molecule has 0 radical (unpaired) electrons. The van der Waals surface area contributed by atoms with Gasteiger partial charge < -0.3 is 5.11 Å². The van der Waals surface area contributed by atoms with Gasteiger partial charge in [-0.1, -0.05) is 30.3 Å². The SMILES string of the molecule is OC1CNC2C(c3ccccc3)CCN2C1. The van der Waals surface area contributed by atoms with Crippen LogP contribution in [0.15, 0.2) is 30.3 Å². The highest BCUT2D eigenvalue weighted by Crippen LogP contribution is 2.33. The van der Waals surface area contributed by atoms with Crippen LogP contribution in [-0.4, -0.2) is 41.9 Å². The Morgan fingerprint density at radius 3 is 2.88 bits per heavy atom. The van der Waals surface area contributed by atoms with Crippen molar-refractivity contribution < 1.29 is 5.11 Å². The van der Waals surface area contributed by atoms with Gasteiger partial charge in [-0.3, -0.25) is 10.2 Å². The van der Waals surface area contributed by atoms with E-state index in [9.17, 15) is 5.11 Å². The third kappa shape index (κ3) is 1.75. The fourth-order valence-electron chi connectivity index (χ4n) is 2.97. The van der Waals surface area contributed by atoms with Gasteiger partial charge in [-0.2, -0.15) is 0 Å². The molecule has 3 nitrogen and oxygen atoms in total. The van der Waals surface area contributed by atoms with Gasteiger partial charge in [0.1, 0.15) is 0 Å². The quantitative estimate of drug-likeness (QED) is 0.730. The van der Waals surface area contributed by atoms with Crippen molar-refractivity contribution >= 4 is 0 Å². The van der Waals surface area contributed by atoms with Crippen LogP contribution < -0.4 is 5.32 Å². The molecule has 0 aromatic heterocycles. The summed E-state index contributed by atoms with van der Waals surface area (Å²) in [5.41, 5.74) is 1.42. The molecule has 3 unspecified atom stereocenters. The molecule has 2 saturated heterocycles. The number of hydrogen-bond acceptors (Lipinski definition) is 3. The van der Waals surface area contributed by atoms with Crippen LogP contribution in [-0.2, 0) is 0 Å². The van der Waals surface area contributed by atoms with Crippen molar-refractivity contribution in [1.82, 2.24) is 10.2 Å². The topological polar surface area (TPSA) is 35.5 Å². The molecule has 0 aliphatic carbocycles. The van der Waals surface area contributed by atoms with E-state index < -0.39 is 0 Å². The van der Waals surface area contributed by atoms with E-state index in [2.05, 4.69) is 40.5 Å². The van der Waals surface area contributed by atoms with Gasteiger partial charge in [0.2, 0.25) is 0 Å². The van der Waals surface area contributed by atoms with E-state index in [0.29, 0.717) is 12.1 Å². The van der Waals surface area contributed by atoms with Gasteiger partial charge in [0.15, 0.2) is 0 Å². The monoisotopic (exact) mass is 218 g/mol. The molecule has 2 fully saturated rings. The second-order valence-electron chi connectivity index (χ2n) is 4.81. The first-order valence-corrected chi connectivity index (χ1v) is 6.05. The molecule has 3 heteroatoms. The minimum absolute atomic E-state index is 0.203. The lowest BCUT2D eigenvalue weighted by Crippen LogP contribution is -2.55. The standard InChI is InChI=1S/C13H18N2O/c16-11-8-14-13-12(6-7-15(13)9-11)10-4-2-1-3-5-10/h1-5,11-14,16H,6-9H2. The van der Waals surface area contributed by atoms with E-state index >= 15 is 0 Å². The average molecular weight is 218 g/mol. The fourth-order valence-corrected chi connectivity index (χ4v) is 2.97. The first-order valence-electron chi connectivity index (χ1n) is 6.05. The number of aliphatic hydroxyl groups is 1. The maximum atomic E-state index is 9.61. The van der Waals surface area contributed by atoms with Gasteiger partial charge in [-0.05, 0) is 12.0 Å². The maximum absolute atomic E-state index is 9.61. The Morgan fingerprint density at radius 1 is 1.25 bits per heavy atom. The zero-order valence-electron chi connectivity index (χ0n) is 9.34. The maximum Gasteiger partial charge on any atom is 0.0792 e. The molecular weight excluding hydrogens is 200 g/mol. The highest BCUT2D eigenvalue weighted by Gasteiger charge is 2.38. The Labute approximate surface area is 96.1 Å². The molecule has 16 heavy (non-hydrogen) atoms. The van der Waals surface area contributed by atoms with Crippen LogP contribution in [0.3, 0.4) is 0 Å². The predicted octanol–water partition coefficient (Wildman–Crippen LogP) is 0.766. The molecule has 86 valence electrons. The molecule has 0 amide bonds. The van der Waals surface area contributed by atoms with E-state index in [1.807, 2.05) is 0 Å². The molecule has 0 spiro atoms. The number of rotatable bonds is 1. The van der Waals surface area contributed by atoms with Gasteiger partial charge in [-0.15, -0.1) is 0 Å². The largest absolute Gasteiger partial charge is 0.390 e. The lowest BCUT2D eigenvalue weighted by Gasteiger charge is -2.36. The molecule has 0 saturated carbocycles. The second kappa shape index (κ2) is 4.17. The summed E-state index contributed by atoms with van der Waals surface area (Å²) in [7, 11) is 0. The van der Waals surface area contributed by atoms with Crippen LogP contribution >= 0.6 is 0 Å². The lowest BCUT2D eigenvalue weighted by atomic mass is 9.95. The van der Waals surface area contributed by atoms with Crippen molar-refractivity contribution in [3.8, 4) is 0 Å². The number of fused-ring (bicyclic) bond motifs is 1. The third-order valence-electron chi connectivity index (χ3n) is 3.74. The van der Waals surface area contributed by atoms with E-state index in [4.69, 9.17) is 0 Å². The molecule has 2 aliphatic rings. The van der Waals surface area contributed by atoms with Crippen molar-refractivity contribution in [2.24, 2.45) is 0 Å². The minimum Gasteiger partial charge on any atom is -0.390 e. The predicted molar refractivity (Wildman–Crippen MR) is 63.2 cm³/mol. The Hall–Kier alpha value is -0.900. The van der Waals surface area contributed by atoms with Crippen LogP contribution in [0.5, 0.6) is 0 Å². The summed E-state index contributed by atoms with van der Waals surface area (Å²) >= 11 is 0. The number of hydrogen-bond donors (Lipinski definition) is 2. The van der Waals surface area contributed by atoms with Gasteiger partial charge >= 0.3 is 0 Å². The molecular formula is C13H18N2O. The summed E-state index contributed by atoms with van der Waals surface area (Å²) < 4.78 is 0. The van der Waals surface area contributed by atoms with E-state index in [1.165, 1.54) is 12.0 Å². The average Bonchev–Trinajstić information content (AvgIpc) is 2.73. The molecule has 1 aromatic rings. The van der Waals surface area contributed by atoms with Gasteiger partial charge in [0.05, 0.1) is 12.3 Å². The van der Waals surface area contributed by atoms with Gasteiger partial charge in [-0.25, -0.2) is 0 Å². The number of benzene rings is 1. The van der Waals surface area contributed by atoms with Crippen LogP contribution in [0.4, 0.5) is 0 Å². The fraction of sp³-hybridized carbons (Fsp3) is 0.538. The Kier molecular flexibility index (Phi) is 2.67. The lowest BCUT2D eigenvalue weighted by molar-refractivity contribution is 0.0490. The van der Waals surface area contributed by atoms with E-state index in [0.717, 1.165) is 19.6 Å². The smallest absolute Gasteiger partial charge is 0.0792 e. The molecule has 2 heterocycles. The van der Waals surface area contributed by atoms with Crippen LogP contribution in [0.25, 0.3) is 0 Å². The summed E-state index contributed by atoms with van der Waals surface area (Å²) in [5, 5.41) is 13.1. The summed E-state index contributed by atoms with van der Waals surface area (Å²) in [6.07, 6.45) is 1.41. The summed E-state index contributed by atoms with van der Waals surface area (Å²) in [6.45, 7) is 2.64. The summed E-state index contributed by atoms with van der Waals surface area (Å²) in [6, 6.07) is 10.7. The van der Waals surface area contributed by atoms with Crippen LogP contribution in [0, 0.1) is 0 Å². The first kappa shape index (κ1) is 10.3. The van der Waals surface area contributed by atoms with Gasteiger partial charge in [0.25, 0.3) is 0 Å². The normalized spacial score (nSPS) is 34.9. The second-order valence-corrected chi connectivity index (χ2v) is 4.81. The van der Waals surface area contributed by atoms with Crippen LogP contribution in [0.2, 0.25) is 0 Å². The Morgan fingerprint density at radius 2 is 2.06 bits per heavy atom. The van der Waals surface area contributed by atoms with Crippen molar-refractivity contribution in [1.29, 1.82) is 0 Å². The molecule has 2 aliphatic heterocycles. The van der Waals surface area contributed by atoms with Crippen LogP contribution in [0.1, 0.15) is 17.9 Å². The molecule has 3 atom stereocenters. The molecule has 3 rings (SSSR count). The van der Waals surface area contributed by atoms with Crippen molar-refractivity contribution in [2.45, 2.75) is 24.6 Å². The highest BCUT2D eigenvalue weighted by atomic mass is 16.3. The minimum atomic E-state index is -0.203. The summed E-state index contributed by atoms with van der Waals surface area (Å²) in [5.74, 6) is 0.577. The molecule has 0 bridgehead atoms. The molecule has 1 aromatic carbocycles. The highest BCUT2D eigenvalue weighted by molar-refractivity contribution is 5.23. The van der Waals surface area contributed by atoms with E-state index in [-0.39, 0.29) is 6.10 Å². The number of aliphatic hydroxyl groups excluding tert-OH is 1. The van der Waals surface area contributed by atoms with Gasteiger partial charge in [0, 0.05) is 25.6 Å². The first-order chi connectivity index (χ1) is 7.84. The molecule has 2 N–H and O–H groups in total. The van der Waals surface area contributed by atoms with Crippen molar-refractivity contribution in [3.05, 3.63) is 35.9 Å². The number of nitrogens with zero attached hydrogens (tertiary/aromatic N) is 1. The van der Waals surface area contributed by atoms with Crippen molar-refractivity contribution in [3.63, 3.8) is 0 Å². The Bertz CT molecular complexity index is 354. The van der Waals surface area contributed by atoms with E-state index in [1.54, 1.807) is 0 Å². The van der Waals surface area contributed by atoms with Crippen molar-refractivity contribution in [2.75, 3.05) is 19.6 Å². The zero-order chi connectivity index (χ0) is 11.0. The third-order valence-corrected chi connectivity index (χ3v) is 3.74. The number of β-amino-alcohol motifs (C(OH)–C–C–N with tert-alkyl or cyclic N) is 1. The Balaban J connectivity index is 1.79. The summed E-state index contributed by atoms with van der Waals surface area (Å²) in [4.78, 5) is 2.37. The number of nitrogens with one attached hydrogen (secondary N) is 1.